The maximum Gasteiger partial charge on any atom is 0.257 e. The van der Waals surface area contributed by atoms with Crippen LogP contribution in [0.15, 0.2) is 81.1 Å². The zero-order chi connectivity index (χ0) is 23.7. The molecule has 0 radical (unpaired) electrons. The minimum absolute atomic E-state index is 0.101. The van der Waals surface area contributed by atoms with Crippen LogP contribution in [0.4, 0.5) is 0 Å². The predicted molar refractivity (Wildman–Crippen MR) is 128 cm³/mol. The van der Waals surface area contributed by atoms with Crippen LogP contribution < -0.4 is 0 Å². The third-order valence-electron chi connectivity index (χ3n) is 6.12. The van der Waals surface area contributed by atoms with Crippen LogP contribution in [0.2, 0.25) is 0 Å². The Hall–Kier alpha value is -3.91. The molecule has 34 heavy (non-hydrogen) atoms. The molecule has 4 aromatic rings. The second-order valence-corrected chi connectivity index (χ2v) is 8.57. The molecule has 8 heteroatoms. The van der Waals surface area contributed by atoms with E-state index in [1.165, 1.54) is 5.01 Å². The summed E-state index contributed by atoms with van der Waals surface area (Å²) in [5.41, 5.74) is 4.89. The fourth-order valence-corrected chi connectivity index (χ4v) is 4.39. The number of likely N-dealkylation sites (N-methyl/N-ethyl adjacent to an activating group) is 1. The molecule has 1 aliphatic rings. The summed E-state index contributed by atoms with van der Waals surface area (Å²) < 4.78 is 13.1. The number of benzene rings is 1. The zero-order valence-electron chi connectivity index (χ0n) is 19.5. The topological polar surface area (TPSA) is 80.0 Å². The van der Waals surface area contributed by atoms with Gasteiger partial charge in [0.05, 0.1) is 30.5 Å². The molecule has 1 aliphatic heterocycles. The number of furan rings is 2. The molecule has 0 fully saturated rings. The number of carbonyl (C=O) groups excluding carboxylic acids is 1. The van der Waals surface area contributed by atoms with Crippen LogP contribution in [-0.2, 0) is 11.3 Å². The molecule has 5 rings (SSSR count). The number of aromatic nitrogens is 2. The first-order valence-corrected chi connectivity index (χ1v) is 11.3. The molecule has 0 spiro atoms. The van der Waals surface area contributed by atoms with Gasteiger partial charge in [-0.25, -0.2) is 9.69 Å². The van der Waals surface area contributed by atoms with Crippen LogP contribution in [0, 0.1) is 13.8 Å². The standard InChI is InChI=1S/C26H27N5O3/c1-18-21(19(2)30(27-18)20-9-5-4-6-10-20)16-29(3)17-26(32)31-23(25-12-8-14-34-25)15-22(28-31)24-11-7-13-33-24/h4-14,23H,15-17H2,1-3H3/t23-/m1/s1. The number of carbonyl (C=O) groups is 1. The molecule has 8 nitrogen and oxygen atoms in total. The third-order valence-corrected chi connectivity index (χ3v) is 6.12. The van der Waals surface area contributed by atoms with Crippen molar-refractivity contribution >= 4 is 11.6 Å². The molecule has 0 saturated carbocycles. The summed E-state index contributed by atoms with van der Waals surface area (Å²) in [4.78, 5) is 15.3. The van der Waals surface area contributed by atoms with Crippen molar-refractivity contribution in [2.45, 2.75) is 32.9 Å². The molecule has 174 valence electrons. The number of rotatable bonds is 7. The van der Waals surface area contributed by atoms with E-state index in [2.05, 4.69) is 12.0 Å². The predicted octanol–water partition coefficient (Wildman–Crippen LogP) is 4.48. The molecule has 0 bridgehead atoms. The molecule has 0 aliphatic carbocycles. The first kappa shape index (κ1) is 21.9. The summed E-state index contributed by atoms with van der Waals surface area (Å²) >= 11 is 0. The summed E-state index contributed by atoms with van der Waals surface area (Å²) in [7, 11) is 1.94. The highest BCUT2D eigenvalue weighted by molar-refractivity contribution is 6.01. The van der Waals surface area contributed by atoms with Gasteiger partial charge < -0.3 is 8.83 Å². The fourth-order valence-electron chi connectivity index (χ4n) is 4.39. The number of amides is 1. The maximum atomic E-state index is 13.3. The van der Waals surface area contributed by atoms with Crippen molar-refractivity contribution in [3.63, 3.8) is 0 Å². The van der Waals surface area contributed by atoms with Gasteiger partial charge in [0, 0.05) is 24.2 Å². The molecular formula is C26H27N5O3. The van der Waals surface area contributed by atoms with Crippen LogP contribution in [-0.4, -0.2) is 44.9 Å². The molecule has 0 N–H and O–H groups in total. The van der Waals surface area contributed by atoms with Crippen molar-refractivity contribution < 1.29 is 13.6 Å². The van der Waals surface area contributed by atoms with Gasteiger partial charge in [0.15, 0.2) is 0 Å². The number of hydrogen-bond acceptors (Lipinski definition) is 6. The van der Waals surface area contributed by atoms with Crippen LogP contribution >= 0.6 is 0 Å². The molecule has 0 saturated heterocycles. The van der Waals surface area contributed by atoms with Gasteiger partial charge in [0.1, 0.15) is 23.3 Å². The van der Waals surface area contributed by atoms with Gasteiger partial charge in [-0.1, -0.05) is 18.2 Å². The average Bonchev–Trinajstić information content (AvgIpc) is 3.63. The van der Waals surface area contributed by atoms with E-state index in [1.807, 2.05) is 78.2 Å². The van der Waals surface area contributed by atoms with Gasteiger partial charge in [-0.3, -0.25) is 9.69 Å². The Morgan fingerprint density at radius 3 is 2.53 bits per heavy atom. The monoisotopic (exact) mass is 457 g/mol. The highest BCUT2D eigenvalue weighted by atomic mass is 16.3. The summed E-state index contributed by atoms with van der Waals surface area (Å²) in [5.74, 6) is 1.27. The van der Waals surface area contributed by atoms with E-state index in [9.17, 15) is 4.79 Å². The van der Waals surface area contributed by atoms with Crippen LogP contribution in [0.3, 0.4) is 0 Å². The fraction of sp³-hybridized carbons (Fsp3) is 0.269. The number of nitrogens with zero attached hydrogens (tertiary/aromatic N) is 5. The summed E-state index contributed by atoms with van der Waals surface area (Å²) in [5, 5.41) is 10.9. The Balaban J connectivity index is 1.33. The lowest BCUT2D eigenvalue weighted by Crippen LogP contribution is -2.36. The molecule has 0 unspecified atom stereocenters. The second kappa shape index (κ2) is 9.15. The van der Waals surface area contributed by atoms with E-state index < -0.39 is 0 Å². The summed E-state index contributed by atoms with van der Waals surface area (Å²) in [6, 6.07) is 17.1. The molecule has 3 aromatic heterocycles. The van der Waals surface area contributed by atoms with Crippen molar-refractivity contribution in [3.8, 4) is 5.69 Å². The van der Waals surface area contributed by atoms with Crippen LogP contribution in [0.25, 0.3) is 5.69 Å². The van der Waals surface area contributed by atoms with Crippen molar-refractivity contribution in [2.24, 2.45) is 5.10 Å². The normalized spacial score (nSPS) is 15.8. The Kier molecular flexibility index (Phi) is 5.90. The SMILES string of the molecule is Cc1nn(-c2ccccc2)c(C)c1CN(C)CC(=O)N1N=C(c2ccco2)C[C@@H]1c1ccco1. The Bertz CT molecular complexity index is 1290. The van der Waals surface area contributed by atoms with Gasteiger partial charge in [0.25, 0.3) is 5.91 Å². The number of para-hydroxylation sites is 1. The maximum absolute atomic E-state index is 13.3. The smallest absolute Gasteiger partial charge is 0.257 e. The quantitative estimate of drug-likeness (QED) is 0.409. The minimum Gasteiger partial charge on any atom is -0.467 e. The van der Waals surface area contributed by atoms with Gasteiger partial charge in [-0.15, -0.1) is 0 Å². The molecule has 4 heterocycles. The molecular weight excluding hydrogens is 430 g/mol. The first-order valence-electron chi connectivity index (χ1n) is 11.3. The van der Waals surface area contributed by atoms with Gasteiger partial charge in [0.2, 0.25) is 0 Å². The Morgan fingerprint density at radius 1 is 1.06 bits per heavy atom. The van der Waals surface area contributed by atoms with Crippen molar-refractivity contribution in [3.05, 3.63) is 95.6 Å². The number of aryl methyl sites for hydroxylation is 1. The van der Waals surface area contributed by atoms with Crippen LogP contribution in [0.5, 0.6) is 0 Å². The highest BCUT2D eigenvalue weighted by Crippen LogP contribution is 2.33. The highest BCUT2D eigenvalue weighted by Gasteiger charge is 2.36. The molecule has 1 amide bonds. The van der Waals surface area contributed by atoms with Gasteiger partial charge >= 0.3 is 0 Å². The molecule has 1 aromatic carbocycles. The lowest BCUT2D eigenvalue weighted by molar-refractivity contribution is -0.134. The van der Waals surface area contributed by atoms with E-state index >= 15 is 0 Å². The number of hydrazone groups is 1. The van der Waals surface area contributed by atoms with Gasteiger partial charge in [-0.05, 0) is 57.3 Å². The van der Waals surface area contributed by atoms with Crippen molar-refractivity contribution in [2.75, 3.05) is 13.6 Å². The van der Waals surface area contributed by atoms with E-state index in [1.54, 1.807) is 12.5 Å². The minimum atomic E-state index is -0.291. The first-order chi connectivity index (χ1) is 16.5. The zero-order valence-corrected chi connectivity index (χ0v) is 19.5. The van der Waals surface area contributed by atoms with E-state index in [-0.39, 0.29) is 18.5 Å². The Labute approximate surface area is 198 Å². The average molecular weight is 458 g/mol. The number of hydrogen-bond donors (Lipinski definition) is 0. The summed E-state index contributed by atoms with van der Waals surface area (Å²) in [6.45, 7) is 4.88. The largest absolute Gasteiger partial charge is 0.467 e. The van der Waals surface area contributed by atoms with Crippen molar-refractivity contribution in [1.29, 1.82) is 0 Å². The van der Waals surface area contributed by atoms with E-state index in [0.717, 1.165) is 28.4 Å². The third kappa shape index (κ3) is 4.20. The lowest BCUT2D eigenvalue weighted by atomic mass is 10.1. The van der Waals surface area contributed by atoms with Gasteiger partial charge in [-0.2, -0.15) is 10.2 Å². The Morgan fingerprint density at radius 2 is 1.82 bits per heavy atom. The lowest BCUT2D eigenvalue weighted by Gasteiger charge is -2.23. The summed E-state index contributed by atoms with van der Waals surface area (Å²) in [6.07, 6.45) is 3.77. The molecule has 1 atom stereocenters. The second-order valence-electron chi connectivity index (χ2n) is 8.57. The van der Waals surface area contributed by atoms with Crippen molar-refractivity contribution in [1.82, 2.24) is 19.7 Å². The van der Waals surface area contributed by atoms with Crippen LogP contribution in [0.1, 0.15) is 40.9 Å². The van der Waals surface area contributed by atoms with E-state index in [0.29, 0.717) is 24.5 Å². The van der Waals surface area contributed by atoms with E-state index in [4.69, 9.17) is 13.9 Å².